The minimum atomic E-state index is -0.573. The Morgan fingerprint density at radius 1 is 1.48 bits per heavy atom. The second-order valence-electron chi connectivity index (χ2n) is 4.92. The molecule has 21 heavy (non-hydrogen) atoms. The lowest BCUT2D eigenvalue weighted by atomic mass is 10.0. The molecule has 3 N–H and O–H groups in total. The molecule has 114 valence electrons. The number of hydrogen-bond acceptors (Lipinski definition) is 7. The molecule has 1 aliphatic rings. The SMILES string of the molecule is CNc1nc(C)c([N+](=O)[O-])c(N2CCCCC2C(N)=O)n1. The molecule has 0 aromatic carbocycles. The van der Waals surface area contributed by atoms with E-state index in [1.54, 1.807) is 18.9 Å². The van der Waals surface area contributed by atoms with E-state index in [2.05, 4.69) is 15.3 Å². The first-order chi connectivity index (χ1) is 9.95. The van der Waals surface area contributed by atoms with Gasteiger partial charge in [0.15, 0.2) is 0 Å². The van der Waals surface area contributed by atoms with Gasteiger partial charge in [0.1, 0.15) is 11.7 Å². The van der Waals surface area contributed by atoms with Gasteiger partial charge in [-0.3, -0.25) is 14.9 Å². The third-order valence-electron chi connectivity index (χ3n) is 3.55. The zero-order valence-corrected chi connectivity index (χ0v) is 12.0. The summed E-state index contributed by atoms with van der Waals surface area (Å²) in [5, 5.41) is 14.1. The van der Waals surface area contributed by atoms with E-state index in [-0.39, 0.29) is 23.1 Å². The molecule has 9 heteroatoms. The molecular weight excluding hydrogens is 276 g/mol. The third-order valence-corrected chi connectivity index (χ3v) is 3.55. The minimum Gasteiger partial charge on any atom is -0.368 e. The molecule has 0 bridgehead atoms. The van der Waals surface area contributed by atoms with Crippen LogP contribution in [0.15, 0.2) is 0 Å². The molecule has 1 aromatic heterocycles. The van der Waals surface area contributed by atoms with Gasteiger partial charge >= 0.3 is 5.69 Å². The summed E-state index contributed by atoms with van der Waals surface area (Å²) in [5.41, 5.74) is 5.49. The van der Waals surface area contributed by atoms with Gasteiger partial charge < -0.3 is 16.0 Å². The number of rotatable bonds is 4. The van der Waals surface area contributed by atoms with Crippen molar-refractivity contribution in [2.45, 2.75) is 32.2 Å². The van der Waals surface area contributed by atoms with Crippen molar-refractivity contribution in [2.75, 3.05) is 23.8 Å². The number of nitrogens with one attached hydrogen (secondary N) is 1. The summed E-state index contributed by atoms with van der Waals surface area (Å²) in [6, 6.07) is -0.573. The Balaban J connectivity index is 2.56. The standard InChI is InChI=1S/C12H18N6O3/c1-7-9(18(20)21)11(16-12(14-2)15-7)17-6-4-3-5-8(17)10(13)19/h8H,3-6H2,1-2H3,(H2,13,19)(H,14,15,16). The molecule has 2 rings (SSSR count). The van der Waals surface area contributed by atoms with Crippen LogP contribution in [0.25, 0.3) is 0 Å². The van der Waals surface area contributed by atoms with Crippen molar-refractivity contribution in [2.24, 2.45) is 5.73 Å². The van der Waals surface area contributed by atoms with Crippen LogP contribution in [0.4, 0.5) is 17.5 Å². The van der Waals surface area contributed by atoms with Crippen LogP contribution in [0.3, 0.4) is 0 Å². The maximum Gasteiger partial charge on any atom is 0.332 e. The van der Waals surface area contributed by atoms with Crippen molar-refractivity contribution in [1.82, 2.24) is 9.97 Å². The Labute approximate surface area is 121 Å². The topological polar surface area (TPSA) is 127 Å². The highest BCUT2D eigenvalue weighted by atomic mass is 16.6. The molecule has 1 atom stereocenters. The number of aryl methyl sites for hydroxylation is 1. The highest BCUT2D eigenvalue weighted by Crippen LogP contribution is 2.33. The predicted octanol–water partition coefficient (Wildman–Crippen LogP) is 0.579. The van der Waals surface area contributed by atoms with Crippen molar-refractivity contribution in [1.29, 1.82) is 0 Å². The van der Waals surface area contributed by atoms with E-state index in [1.807, 2.05) is 0 Å². The van der Waals surface area contributed by atoms with E-state index in [0.717, 1.165) is 12.8 Å². The number of carbonyl (C=O) groups excluding carboxylic acids is 1. The number of nitrogens with two attached hydrogens (primary N) is 1. The van der Waals surface area contributed by atoms with Crippen LogP contribution in [0.2, 0.25) is 0 Å². The van der Waals surface area contributed by atoms with Gasteiger partial charge in [-0.2, -0.15) is 4.98 Å². The molecule has 1 fully saturated rings. The van der Waals surface area contributed by atoms with E-state index in [4.69, 9.17) is 5.73 Å². The van der Waals surface area contributed by atoms with E-state index >= 15 is 0 Å². The van der Waals surface area contributed by atoms with Gasteiger partial charge in [0.2, 0.25) is 17.7 Å². The molecule has 1 saturated heterocycles. The highest BCUT2D eigenvalue weighted by Gasteiger charge is 2.34. The molecule has 2 heterocycles. The van der Waals surface area contributed by atoms with Gasteiger partial charge in [-0.1, -0.05) is 0 Å². The summed E-state index contributed by atoms with van der Waals surface area (Å²) in [7, 11) is 1.63. The van der Waals surface area contributed by atoms with Gasteiger partial charge in [0.05, 0.1) is 4.92 Å². The van der Waals surface area contributed by atoms with Crippen LogP contribution >= 0.6 is 0 Å². The summed E-state index contributed by atoms with van der Waals surface area (Å²) < 4.78 is 0. The summed E-state index contributed by atoms with van der Waals surface area (Å²) in [6.45, 7) is 2.06. The van der Waals surface area contributed by atoms with Gasteiger partial charge in [-0.05, 0) is 26.2 Å². The number of primary amides is 1. The van der Waals surface area contributed by atoms with Crippen molar-refractivity contribution < 1.29 is 9.72 Å². The average molecular weight is 294 g/mol. The zero-order valence-electron chi connectivity index (χ0n) is 12.0. The van der Waals surface area contributed by atoms with Crippen LogP contribution in [0.1, 0.15) is 25.0 Å². The van der Waals surface area contributed by atoms with Crippen LogP contribution in [0.5, 0.6) is 0 Å². The molecule has 1 aromatic rings. The van der Waals surface area contributed by atoms with Crippen molar-refractivity contribution in [3.63, 3.8) is 0 Å². The number of nitrogens with zero attached hydrogens (tertiary/aromatic N) is 4. The van der Waals surface area contributed by atoms with E-state index in [1.165, 1.54) is 0 Å². The molecule has 0 radical (unpaired) electrons. The predicted molar refractivity (Wildman–Crippen MR) is 77.1 cm³/mol. The summed E-state index contributed by atoms with van der Waals surface area (Å²) in [6.07, 6.45) is 2.27. The first-order valence-electron chi connectivity index (χ1n) is 6.72. The largest absolute Gasteiger partial charge is 0.368 e. The van der Waals surface area contributed by atoms with Crippen LogP contribution in [0, 0.1) is 17.0 Å². The lowest BCUT2D eigenvalue weighted by Gasteiger charge is -2.34. The average Bonchev–Trinajstić information content (AvgIpc) is 2.45. The van der Waals surface area contributed by atoms with Gasteiger partial charge in [0.25, 0.3) is 0 Å². The lowest BCUT2D eigenvalue weighted by Crippen LogP contribution is -2.48. The summed E-state index contributed by atoms with van der Waals surface area (Å²) in [5.74, 6) is -0.0616. The first kappa shape index (κ1) is 14.9. The first-order valence-corrected chi connectivity index (χ1v) is 6.72. The molecule has 1 unspecified atom stereocenters. The Kier molecular flexibility index (Phi) is 4.20. The van der Waals surface area contributed by atoms with Crippen LogP contribution in [-0.4, -0.2) is 40.4 Å². The number of anilines is 2. The van der Waals surface area contributed by atoms with Crippen LogP contribution < -0.4 is 16.0 Å². The normalized spacial score (nSPS) is 18.4. The number of piperidine rings is 1. The minimum absolute atomic E-state index is 0.153. The molecule has 1 amide bonds. The fourth-order valence-corrected chi connectivity index (χ4v) is 2.56. The number of aromatic nitrogens is 2. The zero-order chi connectivity index (χ0) is 15.6. The van der Waals surface area contributed by atoms with Crippen molar-refractivity contribution in [3.05, 3.63) is 15.8 Å². The Morgan fingerprint density at radius 3 is 2.76 bits per heavy atom. The molecule has 0 spiro atoms. The second kappa shape index (κ2) is 5.90. The van der Waals surface area contributed by atoms with E-state index < -0.39 is 16.9 Å². The van der Waals surface area contributed by atoms with Crippen molar-refractivity contribution in [3.8, 4) is 0 Å². The monoisotopic (exact) mass is 294 g/mol. The van der Waals surface area contributed by atoms with Crippen LogP contribution in [-0.2, 0) is 4.79 Å². The van der Waals surface area contributed by atoms with Gasteiger partial charge in [-0.25, -0.2) is 4.98 Å². The molecule has 0 aliphatic carbocycles. The molecule has 9 nitrogen and oxygen atoms in total. The quantitative estimate of drug-likeness (QED) is 0.614. The lowest BCUT2D eigenvalue weighted by molar-refractivity contribution is -0.385. The highest BCUT2D eigenvalue weighted by molar-refractivity contribution is 5.84. The second-order valence-corrected chi connectivity index (χ2v) is 4.92. The summed E-state index contributed by atoms with van der Waals surface area (Å²) in [4.78, 5) is 32.3. The fourth-order valence-electron chi connectivity index (χ4n) is 2.56. The number of nitro groups is 1. The van der Waals surface area contributed by atoms with Gasteiger partial charge in [-0.15, -0.1) is 0 Å². The Hall–Kier alpha value is -2.45. The fraction of sp³-hybridized carbons (Fsp3) is 0.583. The van der Waals surface area contributed by atoms with E-state index in [0.29, 0.717) is 13.0 Å². The summed E-state index contributed by atoms with van der Waals surface area (Å²) >= 11 is 0. The number of carbonyl (C=O) groups is 1. The molecule has 1 aliphatic heterocycles. The maximum absolute atomic E-state index is 11.6. The number of amides is 1. The molecule has 0 saturated carbocycles. The third kappa shape index (κ3) is 2.86. The van der Waals surface area contributed by atoms with Gasteiger partial charge in [0, 0.05) is 13.6 Å². The van der Waals surface area contributed by atoms with Crippen molar-refractivity contribution >= 4 is 23.4 Å². The maximum atomic E-state index is 11.6. The molecular formula is C12H18N6O3. The number of hydrogen-bond donors (Lipinski definition) is 2. The Morgan fingerprint density at radius 2 is 2.19 bits per heavy atom. The Bertz CT molecular complexity index is 576. The van der Waals surface area contributed by atoms with E-state index in [9.17, 15) is 14.9 Å². The smallest absolute Gasteiger partial charge is 0.332 e.